The van der Waals surface area contributed by atoms with Gasteiger partial charge in [-0.15, -0.1) is 17.0 Å². The molecule has 74 valence electrons. The second-order valence-corrected chi connectivity index (χ2v) is 3.89. The predicted molar refractivity (Wildman–Crippen MR) is 56.6 cm³/mol. The number of hydrogen-bond donors (Lipinski definition) is 2. The number of nitrogens with two attached hydrogens (primary N) is 1. The van der Waals surface area contributed by atoms with E-state index in [1.165, 1.54) is 12.8 Å². The third kappa shape index (κ3) is 4.43. The Morgan fingerprint density at radius 2 is 1.83 bits per heavy atom. The smallest absolute Gasteiger partial charge is 0.0540 e. The first kappa shape index (κ1) is 12.4. The minimum atomic E-state index is -0.0284. The molecular weight excluding hydrogens is 218 g/mol. The first-order chi connectivity index (χ1) is 5.18. The maximum absolute atomic E-state index is 9.23. The van der Waals surface area contributed by atoms with Crippen molar-refractivity contribution in [2.45, 2.75) is 51.2 Å². The molecule has 1 rings (SSSR count). The minimum Gasteiger partial charge on any atom is -0.393 e. The van der Waals surface area contributed by atoms with Crippen LogP contribution in [0.2, 0.25) is 0 Å². The first-order valence-corrected chi connectivity index (χ1v) is 4.62. The van der Waals surface area contributed by atoms with Crippen molar-refractivity contribution in [1.82, 2.24) is 0 Å². The second-order valence-electron chi connectivity index (χ2n) is 3.89. The summed E-state index contributed by atoms with van der Waals surface area (Å²) in [5.41, 5.74) is 5.70. The molecule has 0 aromatic carbocycles. The average Bonchev–Trinajstić information content (AvgIpc) is 1.93. The van der Waals surface area contributed by atoms with E-state index in [2.05, 4.69) is 6.92 Å². The molecule has 12 heavy (non-hydrogen) atoms. The highest BCUT2D eigenvalue weighted by Gasteiger charge is 2.19. The summed E-state index contributed by atoms with van der Waals surface area (Å²) in [6.07, 6.45) is 5.41. The van der Waals surface area contributed by atoms with Crippen molar-refractivity contribution in [2.75, 3.05) is 0 Å². The van der Waals surface area contributed by atoms with E-state index in [1.807, 2.05) is 0 Å². The van der Waals surface area contributed by atoms with Crippen LogP contribution in [0, 0.1) is 5.92 Å². The molecule has 0 spiro atoms. The van der Waals surface area contributed by atoms with E-state index in [1.54, 1.807) is 0 Å². The van der Waals surface area contributed by atoms with Gasteiger partial charge in [-0.3, -0.25) is 0 Å². The molecule has 1 aliphatic rings. The molecule has 0 bridgehead atoms. The van der Waals surface area contributed by atoms with Gasteiger partial charge in [-0.25, -0.2) is 0 Å². The Morgan fingerprint density at radius 1 is 1.33 bits per heavy atom. The monoisotopic (exact) mass is 237 g/mol. The highest BCUT2D eigenvalue weighted by molar-refractivity contribution is 8.93. The van der Waals surface area contributed by atoms with E-state index < -0.39 is 0 Å². The van der Waals surface area contributed by atoms with Crippen LogP contribution in [0.5, 0.6) is 0 Å². The summed E-state index contributed by atoms with van der Waals surface area (Å²) in [4.78, 5) is 0. The molecule has 0 aromatic heterocycles. The zero-order valence-corrected chi connectivity index (χ0v) is 9.41. The van der Waals surface area contributed by atoms with Gasteiger partial charge in [-0.2, -0.15) is 0 Å². The van der Waals surface area contributed by atoms with Gasteiger partial charge in [0.25, 0.3) is 0 Å². The van der Waals surface area contributed by atoms with Gasteiger partial charge >= 0.3 is 0 Å². The number of aliphatic hydroxyl groups excluding tert-OH is 1. The Kier molecular flexibility index (Phi) is 6.14. The maximum Gasteiger partial charge on any atom is 0.0540 e. The standard InChI is InChI=1S/C9H19NO.BrH/c1-7(10)6-8-2-4-9(11)5-3-8;/h7-9,11H,2-6,10H2,1H3;1H. The van der Waals surface area contributed by atoms with Crippen LogP contribution in [0.25, 0.3) is 0 Å². The number of halogens is 1. The van der Waals surface area contributed by atoms with E-state index >= 15 is 0 Å². The quantitative estimate of drug-likeness (QED) is 0.771. The zero-order valence-electron chi connectivity index (χ0n) is 7.70. The van der Waals surface area contributed by atoms with Crippen LogP contribution in [0.1, 0.15) is 39.0 Å². The first-order valence-electron chi connectivity index (χ1n) is 4.62. The van der Waals surface area contributed by atoms with Gasteiger partial charge in [-0.1, -0.05) is 0 Å². The zero-order chi connectivity index (χ0) is 8.27. The Bertz CT molecular complexity index is 111. The van der Waals surface area contributed by atoms with Crippen molar-refractivity contribution < 1.29 is 5.11 Å². The lowest BCUT2D eigenvalue weighted by atomic mass is 9.84. The van der Waals surface area contributed by atoms with E-state index in [9.17, 15) is 5.11 Å². The fourth-order valence-electron chi connectivity index (χ4n) is 1.91. The summed E-state index contributed by atoms with van der Waals surface area (Å²) >= 11 is 0. The average molecular weight is 238 g/mol. The third-order valence-corrected chi connectivity index (χ3v) is 2.52. The van der Waals surface area contributed by atoms with E-state index in [-0.39, 0.29) is 23.1 Å². The van der Waals surface area contributed by atoms with Crippen molar-refractivity contribution in [1.29, 1.82) is 0 Å². The highest BCUT2D eigenvalue weighted by Crippen LogP contribution is 2.27. The molecule has 1 saturated carbocycles. The van der Waals surface area contributed by atoms with Crippen LogP contribution in [-0.4, -0.2) is 17.3 Å². The molecule has 1 unspecified atom stereocenters. The van der Waals surface area contributed by atoms with E-state index in [4.69, 9.17) is 5.73 Å². The minimum absolute atomic E-state index is 0. The van der Waals surface area contributed by atoms with Crippen molar-refractivity contribution in [3.8, 4) is 0 Å². The number of rotatable bonds is 2. The lowest BCUT2D eigenvalue weighted by molar-refractivity contribution is 0.105. The van der Waals surface area contributed by atoms with Crippen LogP contribution < -0.4 is 5.73 Å². The van der Waals surface area contributed by atoms with E-state index in [0.717, 1.165) is 25.2 Å². The molecule has 2 nitrogen and oxygen atoms in total. The van der Waals surface area contributed by atoms with Crippen molar-refractivity contribution >= 4 is 17.0 Å². The molecule has 0 radical (unpaired) electrons. The topological polar surface area (TPSA) is 46.2 Å². The fraction of sp³-hybridized carbons (Fsp3) is 1.00. The fourth-order valence-corrected chi connectivity index (χ4v) is 1.91. The summed E-state index contributed by atoms with van der Waals surface area (Å²) in [5, 5.41) is 9.23. The number of hydrogen-bond acceptors (Lipinski definition) is 2. The van der Waals surface area contributed by atoms with Crippen LogP contribution in [0.15, 0.2) is 0 Å². The summed E-state index contributed by atoms with van der Waals surface area (Å²) in [5.74, 6) is 0.776. The van der Waals surface area contributed by atoms with Crippen molar-refractivity contribution in [2.24, 2.45) is 11.7 Å². The highest BCUT2D eigenvalue weighted by atomic mass is 79.9. The maximum atomic E-state index is 9.23. The third-order valence-electron chi connectivity index (χ3n) is 2.52. The SMILES string of the molecule is Br.CC(N)CC1CCC(O)CC1. The molecule has 0 saturated heterocycles. The molecule has 3 heteroatoms. The predicted octanol–water partition coefficient (Wildman–Crippen LogP) is 1.85. The molecule has 1 atom stereocenters. The van der Waals surface area contributed by atoms with E-state index in [0.29, 0.717) is 6.04 Å². The molecule has 0 aromatic rings. The molecular formula is C9H20BrNO. The Labute approximate surface area is 85.3 Å². The summed E-state index contributed by atoms with van der Waals surface area (Å²) in [6, 6.07) is 0.329. The van der Waals surface area contributed by atoms with Gasteiger partial charge in [0.1, 0.15) is 0 Å². The normalized spacial score (nSPS) is 32.2. The van der Waals surface area contributed by atoms with Crippen LogP contribution in [0.4, 0.5) is 0 Å². The lowest BCUT2D eigenvalue weighted by Crippen LogP contribution is -2.24. The van der Waals surface area contributed by atoms with Gasteiger partial charge in [0, 0.05) is 6.04 Å². The van der Waals surface area contributed by atoms with Crippen LogP contribution in [-0.2, 0) is 0 Å². The largest absolute Gasteiger partial charge is 0.393 e. The Hall–Kier alpha value is 0.400. The molecule has 0 amide bonds. The van der Waals surface area contributed by atoms with Gasteiger partial charge in [0.15, 0.2) is 0 Å². The Morgan fingerprint density at radius 3 is 2.25 bits per heavy atom. The van der Waals surface area contributed by atoms with Gasteiger partial charge in [-0.05, 0) is 44.9 Å². The molecule has 1 fully saturated rings. The van der Waals surface area contributed by atoms with Gasteiger partial charge in [0.2, 0.25) is 0 Å². The van der Waals surface area contributed by atoms with Crippen molar-refractivity contribution in [3.63, 3.8) is 0 Å². The molecule has 3 N–H and O–H groups in total. The number of aliphatic hydroxyl groups is 1. The second kappa shape index (κ2) is 5.95. The molecule has 0 aliphatic heterocycles. The summed E-state index contributed by atoms with van der Waals surface area (Å²) in [6.45, 7) is 2.06. The van der Waals surface area contributed by atoms with Crippen LogP contribution >= 0.6 is 17.0 Å². The van der Waals surface area contributed by atoms with Gasteiger partial charge < -0.3 is 10.8 Å². The lowest BCUT2D eigenvalue weighted by Gasteiger charge is -2.26. The van der Waals surface area contributed by atoms with Crippen molar-refractivity contribution in [3.05, 3.63) is 0 Å². The van der Waals surface area contributed by atoms with Crippen LogP contribution in [0.3, 0.4) is 0 Å². The molecule has 0 heterocycles. The van der Waals surface area contributed by atoms with Gasteiger partial charge in [0.05, 0.1) is 6.10 Å². The molecule has 1 aliphatic carbocycles. The summed E-state index contributed by atoms with van der Waals surface area (Å²) in [7, 11) is 0. The Balaban J connectivity index is 0.00000121. The summed E-state index contributed by atoms with van der Waals surface area (Å²) < 4.78 is 0.